The Labute approximate surface area is 171 Å². The van der Waals surface area contributed by atoms with Crippen LogP contribution in [0, 0.1) is 0 Å². The third-order valence-electron chi connectivity index (χ3n) is 4.25. The van der Waals surface area contributed by atoms with Crippen molar-refractivity contribution in [3.05, 3.63) is 15.6 Å². The second-order valence-electron chi connectivity index (χ2n) is 7.52. The molecule has 1 aliphatic heterocycles. The zero-order chi connectivity index (χ0) is 19.9. The fourth-order valence-corrected chi connectivity index (χ4v) is 4.06. The molecule has 1 saturated heterocycles. The molecule has 9 heteroatoms. The first-order chi connectivity index (χ1) is 12.6. The van der Waals surface area contributed by atoms with Gasteiger partial charge in [0.1, 0.15) is 15.6 Å². The van der Waals surface area contributed by atoms with Gasteiger partial charge in [-0.1, -0.05) is 11.6 Å². The van der Waals surface area contributed by atoms with Crippen molar-refractivity contribution in [2.75, 3.05) is 31.6 Å². The summed E-state index contributed by atoms with van der Waals surface area (Å²) in [6.07, 6.45) is -0.300. The number of hydrogen-bond acceptors (Lipinski definition) is 6. The van der Waals surface area contributed by atoms with Crippen LogP contribution in [0.4, 0.5) is 10.8 Å². The lowest BCUT2D eigenvalue weighted by molar-refractivity contribution is 0.0216. The fraction of sp³-hybridized carbons (Fsp3) is 0.556. The summed E-state index contributed by atoms with van der Waals surface area (Å²) in [5.74, 6) is 0.509. The van der Waals surface area contributed by atoms with Crippen LogP contribution in [0.1, 0.15) is 27.7 Å². The number of methoxy groups -OCH3 is 1. The number of rotatable bonds is 2. The second kappa shape index (κ2) is 7.39. The summed E-state index contributed by atoms with van der Waals surface area (Å²) >= 11 is 9.70. The number of piperazine rings is 1. The van der Waals surface area contributed by atoms with E-state index < -0.39 is 5.60 Å². The van der Waals surface area contributed by atoms with E-state index in [1.54, 1.807) is 18.1 Å². The van der Waals surface area contributed by atoms with Crippen LogP contribution in [0.3, 0.4) is 0 Å². The molecule has 0 aliphatic carbocycles. The van der Waals surface area contributed by atoms with E-state index in [1.807, 2.05) is 32.6 Å². The molecular weight excluding hydrogens is 438 g/mol. The summed E-state index contributed by atoms with van der Waals surface area (Å²) in [5.41, 5.74) is 0.708. The van der Waals surface area contributed by atoms with Crippen LogP contribution in [0.15, 0.2) is 15.0 Å². The number of fused-ring (bicyclic) bond motifs is 1. The first kappa shape index (κ1) is 20.1. The van der Waals surface area contributed by atoms with E-state index in [0.29, 0.717) is 52.0 Å². The van der Waals surface area contributed by atoms with Crippen molar-refractivity contribution in [3.8, 4) is 5.75 Å². The molecule has 1 aromatic heterocycles. The highest BCUT2D eigenvalue weighted by Gasteiger charge is 2.32. The zero-order valence-electron chi connectivity index (χ0n) is 16.0. The van der Waals surface area contributed by atoms with Crippen LogP contribution in [0.2, 0.25) is 5.02 Å². The topological polar surface area (TPSA) is 68.0 Å². The normalized spacial score (nSPS) is 18.1. The van der Waals surface area contributed by atoms with Gasteiger partial charge in [0.15, 0.2) is 11.3 Å². The van der Waals surface area contributed by atoms with Crippen molar-refractivity contribution >= 4 is 50.7 Å². The van der Waals surface area contributed by atoms with E-state index in [1.165, 1.54) is 0 Å². The summed E-state index contributed by atoms with van der Waals surface area (Å²) in [5, 5.41) is 0.458. The van der Waals surface area contributed by atoms with Gasteiger partial charge >= 0.3 is 6.09 Å². The number of halogens is 2. The first-order valence-corrected chi connectivity index (χ1v) is 9.85. The zero-order valence-corrected chi connectivity index (χ0v) is 18.3. The number of carbonyl (C=O) groups is 1. The molecule has 0 radical (unpaired) electrons. The largest absolute Gasteiger partial charge is 0.494 e. The molecular formula is C18H23BrClN3O4. The lowest BCUT2D eigenvalue weighted by Crippen LogP contribution is -2.54. The predicted molar refractivity (Wildman–Crippen MR) is 108 cm³/mol. The van der Waals surface area contributed by atoms with Gasteiger partial charge in [-0.15, -0.1) is 0 Å². The summed E-state index contributed by atoms with van der Waals surface area (Å²) in [7, 11) is 1.55. The Bertz CT molecular complexity index is 864. The molecule has 0 unspecified atom stereocenters. The molecule has 2 aromatic rings. The van der Waals surface area contributed by atoms with Crippen LogP contribution in [0.25, 0.3) is 11.1 Å². The Morgan fingerprint density at radius 3 is 2.70 bits per heavy atom. The number of nitrogens with zero attached hydrogens (tertiary/aromatic N) is 3. The molecule has 1 amide bonds. The third kappa shape index (κ3) is 4.11. The molecule has 1 fully saturated rings. The molecule has 1 aromatic carbocycles. The van der Waals surface area contributed by atoms with Gasteiger partial charge in [0.25, 0.3) is 6.01 Å². The quantitative estimate of drug-likeness (QED) is 0.647. The maximum absolute atomic E-state index is 12.3. The Kier molecular flexibility index (Phi) is 5.49. The van der Waals surface area contributed by atoms with Gasteiger partial charge in [-0.3, -0.25) is 0 Å². The molecule has 1 atom stereocenters. The van der Waals surface area contributed by atoms with E-state index in [4.69, 9.17) is 25.5 Å². The lowest BCUT2D eigenvalue weighted by Gasteiger charge is -2.39. The van der Waals surface area contributed by atoms with Crippen molar-refractivity contribution in [1.29, 1.82) is 0 Å². The molecule has 3 rings (SSSR count). The van der Waals surface area contributed by atoms with Crippen molar-refractivity contribution in [2.24, 2.45) is 0 Å². The van der Waals surface area contributed by atoms with Crippen molar-refractivity contribution in [1.82, 2.24) is 9.88 Å². The highest BCUT2D eigenvalue weighted by atomic mass is 79.9. The van der Waals surface area contributed by atoms with Crippen LogP contribution < -0.4 is 9.64 Å². The fourth-order valence-electron chi connectivity index (χ4n) is 3.01. The van der Waals surface area contributed by atoms with Gasteiger partial charge in [0.05, 0.1) is 12.1 Å². The van der Waals surface area contributed by atoms with Gasteiger partial charge in [-0.25, -0.2) is 4.79 Å². The average molecular weight is 461 g/mol. The monoisotopic (exact) mass is 459 g/mol. The first-order valence-electron chi connectivity index (χ1n) is 8.68. The second-order valence-corrected chi connectivity index (χ2v) is 8.72. The molecule has 0 spiro atoms. The molecule has 0 N–H and O–H groups in total. The molecule has 27 heavy (non-hydrogen) atoms. The van der Waals surface area contributed by atoms with Crippen molar-refractivity contribution in [2.45, 2.75) is 39.3 Å². The number of ether oxygens (including phenoxy) is 2. The molecule has 7 nitrogen and oxygen atoms in total. The van der Waals surface area contributed by atoms with Gasteiger partial charge < -0.3 is 23.7 Å². The number of amides is 1. The van der Waals surface area contributed by atoms with Gasteiger partial charge in [0.2, 0.25) is 0 Å². The van der Waals surface area contributed by atoms with E-state index >= 15 is 0 Å². The number of oxazole rings is 1. The SMILES string of the molecule is COc1c(Cl)cc2nc(N3CCN(C(=O)OC(C)(C)C)C[C@@H]3C)oc2c1Br. The van der Waals surface area contributed by atoms with E-state index in [9.17, 15) is 4.79 Å². The Morgan fingerprint density at radius 2 is 2.11 bits per heavy atom. The molecule has 148 valence electrons. The molecule has 2 heterocycles. The van der Waals surface area contributed by atoms with Gasteiger partial charge in [-0.2, -0.15) is 4.98 Å². The van der Waals surface area contributed by atoms with Crippen LogP contribution in [0.5, 0.6) is 5.75 Å². The summed E-state index contributed by atoms with van der Waals surface area (Å²) in [6, 6.07) is 2.23. The summed E-state index contributed by atoms with van der Waals surface area (Å²) in [6.45, 7) is 9.26. The minimum absolute atomic E-state index is 0.0236. The minimum atomic E-state index is -0.512. The molecule has 0 saturated carbocycles. The Morgan fingerprint density at radius 1 is 1.41 bits per heavy atom. The number of anilines is 1. The maximum atomic E-state index is 12.3. The summed E-state index contributed by atoms with van der Waals surface area (Å²) in [4.78, 5) is 20.6. The van der Waals surface area contributed by atoms with Crippen LogP contribution in [-0.4, -0.2) is 54.4 Å². The molecule has 1 aliphatic rings. The number of aromatic nitrogens is 1. The van der Waals surface area contributed by atoms with Crippen molar-refractivity contribution < 1.29 is 18.7 Å². The minimum Gasteiger partial charge on any atom is -0.494 e. The third-order valence-corrected chi connectivity index (χ3v) is 5.25. The number of hydrogen-bond donors (Lipinski definition) is 0. The van der Waals surface area contributed by atoms with Crippen LogP contribution in [-0.2, 0) is 4.74 Å². The smallest absolute Gasteiger partial charge is 0.410 e. The Hall–Kier alpha value is -1.67. The Balaban J connectivity index is 1.80. The number of carbonyl (C=O) groups excluding carboxylic acids is 1. The van der Waals surface area contributed by atoms with E-state index in [2.05, 4.69) is 20.9 Å². The molecule has 0 bridgehead atoms. The van der Waals surface area contributed by atoms with Crippen molar-refractivity contribution in [3.63, 3.8) is 0 Å². The van der Waals surface area contributed by atoms with E-state index in [0.717, 1.165) is 0 Å². The standard InChI is InChI=1S/C18H23BrClN3O4/c1-10-9-22(17(24)27-18(2,3)4)6-7-23(10)16-21-12-8-11(20)14(25-5)13(19)15(12)26-16/h8,10H,6-7,9H2,1-5H3/t10-/m0/s1. The van der Waals surface area contributed by atoms with E-state index in [-0.39, 0.29) is 12.1 Å². The highest BCUT2D eigenvalue weighted by molar-refractivity contribution is 9.10. The van der Waals surface area contributed by atoms with Crippen LogP contribution >= 0.6 is 27.5 Å². The maximum Gasteiger partial charge on any atom is 0.410 e. The van der Waals surface area contributed by atoms with Gasteiger partial charge in [-0.05, 0) is 49.7 Å². The average Bonchev–Trinajstić information content (AvgIpc) is 2.97. The number of benzene rings is 1. The predicted octanol–water partition coefficient (Wildman–Crippen LogP) is 4.70. The van der Waals surface area contributed by atoms with Gasteiger partial charge in [0, 0.05) is 25.7 Å². The summed E-state index contributed by atoms with van der Waals surface area (Å²) < 4.78 is 17.4. The highest BCUT2D eigenvalue weighted by Crippen LogP contribution is 2.41. The lowest BCUT2D eigenvalue weighted by atomic mass is 10.2.